The Morgan fingerprint density at radius 1 is 0.720 bits per heavy atom. The van der Waals surface area contributed by atoms with Crippen molar-refractivity contribution in [2.45, 2.75) is 67.2 Å². The van der Waals surface area contributed by atoms with Crippen LogP contribution >= 0.6 is 22.4 Å². The summed E-state index contributed by atoms with van der Waals surface area (Å²) in [5, 5.41) is 0. The zero-order chi connectivity index (χ0) is 19.3. The number of unbranched alkanes of at least 4 members (excludes halogenated alkanes) is 2. The molecule has 152 valence electrons. The molecule has 0 aliphatic carbocycles. The molecular formula is C16H36O4P2S3. The first-order valence-electron chi connectivity index (χ1n) is 9.16. The van der Waals surface area contributed by atoms with Gasteiger partial charge in [-0.25, -0.2) is 0 Å². The Balaban J connectivity index is 5.10. The zero-order valence-corrected chi connectivity index (χ0v) is 20.8. The van der Waals surface area contributed by atoms with Gasteiger partial charge in [0.05, 0.1) is 26.4 Å². The van der Waals surface area contributed by atoms with E-state index in [0.29, 0.717) is 38.3 Å². The monoisotopic (exact) mass is 450 g/mol. The highest BCUT2D eigenvalue weighted by Gasteiger charge is 2.33. The van der Waals surface area contributed by atoms with Gasteiger partial charge in [0.15, 0.2) is 0 Å². The molecule has 0 saturated heterocycles. The average Bonchev–Trinajstić information content (AvgIpc) is 2.52. The van der Waals surface area contributed by atoms with Gasteiger partial charge in [0.1, 0.15) is 0 Å². The van der Waals surface area contributed by atoms with E-state index in [1.807, 2.05) is 0 Å². The molecule has 9 heteroatoms. The number of hydrogen-bond acceptors (Lipinski definition) is 7. The van der Waals surface area contributed by atoms with Gasteiger partial charge >= 0.3 is 0 Å². The van der Waals surface area contributed by atoms with Crippen LogP contribution in [0.25, 0.3) is 0 Å². The molecule has 4 nitrogen and oxygen atoms in total. The predicted octanol–water partition coefficient (Wildman–Crippen LogP) is 7.15. The molecule has 0 radical (unpaired) electrons. The van der Waals surface area contributed by atoms with Crippen LogP contribution in [0.15, 0.2) is 0 Å². The maximum atomic E-state index is 6.01. The van der Waals surface area contributed by atoms with Crippen molar-refractivity contribution in [3.63, 3.8) is 0 Å². The van der Waals surface area contributed by atoms with Crippen molar-refractivity contribution in [1.29, 1.82) is 0 Å². The van der Waals surface area contributed by atoms with E-state index in [4.69, 9.17) is 41.7 Å². The summed E-state index contributed by atoms with van der Waals surface area (Å²) in [5.41, 5.74) is -5.18. The molecule has 2 unspecified atom stereocenters. The second-order valence-electron chi connectivity index (χ2n) is 6.73. The van der Waals surface area contributed by atoms with Crippen LogP contribution in [0.2, 0.25) is 0 Å². The Labute approximate surface area is 169 Å². The Hall–Kier alpha value is 1.49. The summed E-state index contributed by atoms with van der Waals surface area (Å²) in [6.45, 7) is 14.9. The van der Waals surface area contributed by atoms with Crippen molar-refractivity contribution in [3.8, 4) is 0 Å². The largest absolute Gasteiger partial charge is 0.321 e. The molecule has 25 heavy (non-hydrogen) atoms. The topological polar surface area (TPSA) is 36.9 Å². The molecule has 0 aromatic heterocycles. The van der Waals surface area contributed by atoms with Gasteiger partial charge in [-0.05, 0) is 48.3 Å². The molecule has 0 aromatic rings. The molecule has 0 rings (SSSR count). The maximum Gasteiger partial charge on any atom is 0.256 e. The minimum atomic E-state index is -2.59. The van der Waals surface area contributed by atoms with E-state index in [-0.39, 0.29) is 0 Å². The van der Waals surface area contributed by atoms with E-state index in [9.17, 15) is 0 Å². The second-order valence-corrected chi connectivity index (χ2v) is 18.8. The van der Waals surface area contributed by atoms with Gasteiger partial charge in [-0.2, -0.15) is 0 Å². The van der Waals surface area contributed by atoms with Gasteiger partial charge in [-0.1, -0.05) is 54.4 Å². The average molecular weight is 451 g/mol. The predicted molar refractivity (Wildman–Crippen MR) is 119 cm³/mol. The first-order valence-corrected chi connectivity index (χ1v) is 16.5. The molecular weight excluding hydrogens is 414 g/mol. The highest BCUT2D eigenvalue weighted by atomic mass is 33.2. The van der Waals surface area contributed by atoms with Crippen molar-refractivity contribution in [1.82, 2.24) is 0 Å². The number of rotatable bonds is 16. The molecule has 2 atom stereocenters. The van der Waals surface area contributed by atoms with Gasteiger partial charge in [-0.15, -0.1) is 0 Å². The van der Waals surface area contributed by atoms with Crippen molar-refractivity contribution in [2.75, 3.05) is 26.4 Å². The van der Waals surface area contributed by atoms with E-state index in [1.165, 1.54) is 11.0 Å². The van der Waals surface area contributed by atoms with E-state index < -0.39 is 11.4 Å². The Morgan fingerprint density at radius 2 is 1.08 bits per heavy atom. The Kier molecular flexibility index (Phi) is 15.3. The first-order chi connectivity index (χ1) is 11.7. The van der Waals surface area contributed by atoms with Gasteiger partial charge in [-0.3, -0.25) is 0 Å². The zero-order valence-electron chi connectivity index (χ0n) is 16.6. The third-order valence-electron chi connectivity index (χ3n) is 2.83. The lowest BCUT2D eigenvalue weighted by molar-refractivity contribution is 0.230. The minimum absolute atomic E-state index is 0.383. The third kappa shape index (κ3) is 14.2. The van der Waals surface area contributed by atoms with Crippen LogP contribution in [0.4, 0.5) is 0 Å². The summed E-state index contributed by atoms with van der Waals surface area (Å²) >= 11 is 12.9. The van der Waals surface area contributed by atoms with Crippen molar-refractivity contribution < 1.29 is 18.1 Å². The van der Waals surface area contributed by atoms with Crippen LogP contribution in [0, 0.1) is 11.8 Å². The summed E-state index contributed by atoms with van der Waals surface area (Å²) in [4.78, 5) is 0. The molecule has 0 aromatic carbocycles. The minimum Gasteiger partial charge on any atom is -0.321 e. The molecule has 0 heterocycles. The SMILES string of the molecule is CCCCOP(=S)(OCC(C)C)SP(=S)(OCCCC)OCC(C)C. The normalized spacial score (nSPS) is 17.0. The smallest absolute Gasteiger partial charge is 0.256 e. The van der Waals surface area contributed by atoms with Crippen LogP contribution in [0.3, 0.4) is 0 Å². The van der Waals surface area contributed by atoms with Gasteiger partial charge in [0.2, 0.25) is 0 Å². The molecule has 0 fully saturated rings. The lowest BCUT2D eigenvalue weighted by Crippen LogP contribution is -2.05. The maximum absolute atomic E-state index is 6.01. The Bertz CT molecular complexity index is 396. The lowest BCUT2D eigenvalue weighted by atomic mass is 10.2. The van der Waals surface area contributed by atoms with Crippen LogP contribution < -0.4 is 0 Å². The fourth-order valence-electron chi connectivity index (χ4n) is 1.41. The highest BCUT2D eigenvalue weighted by molar-refractivity contribution is 8.96. The molecule has 0 saturated carbocycles. The summed E-state index contributed by atoms with van der Waals surface area (Å²) in [6, 6.07) is 0. The van der Waals surface area contributed by atoms with Crippen LogP contribution in [0.1, 0.15) is 67.2 Å². The van der Waals surface area contributed by atoms with Crippen LogP contribution in [0.5, 0.6) is 0 Å². The first kappa shape index (κ1) is 26.5. The fourth-order valence-corrected chi connectivity index (χ4v) is 16.4. The van der Waals surface area contributed by atoms with Gasteiger partial charge in [0, 0.05) is 11.0 Å². The second kappa shape index (κ2) is 14.5. The fraction of sp³-hybridized carbons (Fsp3) is 1.00. The summed E-state index contributed by atoms with van der Waals surface area (Å²) in [7, 11) is 0. The molecule has 0 bridgehead atoms. The van der Waals surface area contributed by atoms with E-state index in [1.54, 1.807) is 0 Å². The van der Waals surface area contributed by atoms with Crippen molar-refractivity contribution in [2.24, 2.45) is 11.8 Å². The molecule has 0 spiro atoms. The van der Waals surface area contributed by atoms with Crippen LogP contribution in [-0.2, 0) is 41.7 Å². The highest BCUT2D eigenvalue weighted by Crippen LogP contribution is 2.80. The summed E-state index contributed by atoms with van der Waals surface area (Å²) in [5.74, 6) is 0.765. The molecule has 0 amide bonds. The van der Waals surface area contributed by atoms with Gasteiger partial charge in [0.25, 0.3) is 11.4 Å². The van der Waals surface area contributed by atoms with E-state index in [2.05, 4.69) is 41.5 Å². The van der Waals surface area contributed by atoms with Crippen molar-refractivity contribution >= 4 is 46.0 Å². The standard InChI is InChI=1S/C16H36O4P2S3/c1-7-9-11-17-21(23,19-13-15(3)4)25-22(24,18-12-10-8-2)20-14-16(5)6/h15-16H,7-14H2,1-6H3. The third-order valence-corrected chi connectivity index (χ3v) is 16.1. The van der Waals surface area contributed by atoms with Crippen LogP contribution in [-0.4, -0.2) is 26.4 Å². The molecule has 0 aliphatic rings. The lowest BCUT2D eigenvalue weighted by Gasteiger charge is -2.29. The number of hydrogen-bond donors (Lipinski definition) is 0. The molecule has 0 N–H and O–H groups in total. The van der Waals surface area contributed by atoms with Gasteiger partial charge < -0.3 is 18.1 Å². The van der Waals surface area contributed by atoms with Crippen molar-refractivity contribution in [3.05, 3.63) is 0 Å². The van der Waals surface area contributed by atoms with E-state index >= 15 is 0 Å². The Morgan fingerprint density at radius 3 is 1.36 bits per heavy atom. The summed E-state index contributed by atoms with van der Waals surface area (Å²) in [6.07, 6.45) is 4.01. The molecule has 0 aliphatic heterocycles. The van der Waals surface area contributed by atoms with E-state index in [0.717, 1.165) is 25.7 Å². The summed E-state index contributed by atoms with van der Waals surface area (Å²) < 4.78 is 24.0. The quantitative estimate of drug-likeness (QED) is 0.183.